The van der Waals surface area contributed by atoms with Crippen LogP contribution in [0.5, 0.6) is 0 Å². The van der Waals surface area contributed by atoms with Crippen LogP contribution < -0.4 is 0 Å². The summed E-state index contributed by atoms with van der Waals surface area (Å²) in [5, 5.41) is 0. The van der Waals surface area contributed by atoms with Gasteiger partial charge in [-0.15, -0.1) is 0 Å². The summed E-state index contributed by atoms with van der Waals surface area (Å²) in [4.78, 5) is 2.24. The van der Waals surface area contributed by atoms with Gasteiger partial charge in [-0.1, -0.05) is 96.6 Å². The number of rotatable bonds is 23. The Morgan fingerprint density at radius 1 is 0.697 bits per heavy atom. The third-order valence-corrected chi connectivity index (χ3v) is 7.04. The van der Waals surface area contributed by atoms with Gasteiger partial charge in [0.2, 0.25) is 0 Å². The van der Waals surface area contributed by atoms with E-state index in [-0.39, 0.29) is 11.9 Å². The molecular formula is C30H59NO2. The summed E-state index contributed by atoms with van der Waals surface area (Å²) in [5.41, 5.74) is 0. The third-order valence-electron chi connectivity index (χ3n) is 7.04. The van der Waals surface area contributed by atoms with Crippen LogP contribution in [0.3, 0.4) is 0 Å². The second-order valence-electron chi connectivity index (χ2n) is 10.7. The van der Waals surface area contributed by atoms with Crippen molar-refractivity contribution in [2.45, 2.75) is 154 Å². The van der Waals surface area contributed by atoms with Crippen molar-refractivity contribution < 1.29 is 9.47 Å². The summed E-state index contributed by atoms with van der Waals surface area (Å²) in [7, 11) is 4.27. The lowest BCUT2D eigenvalue weighted by atomic mass is 9.99. The van der Waals surface area contributed by atoms with Crippen LogP contribution in [0, 0.1) is 0 Å². The third kappa shape index (κ3) is 16.8. The number of hydrogen-bond donors (Lipinski definition) is 0. The second-order valence-corrected chi connectivity index (χ2v) is 10.7. The molecule has 0 bridgehead atoms. The zero-order valence-corrected chi connectivity index (χ0v) is 23.1. The predicted octanol–water partition coefficient (Wildman–Crippen LogP) is 9.06. The van der Waals surface area contributed by atoms with Gasteiger partial charge in [-0.25, -0.2) is 0 Å². The molecule has 196 valence electrons. The highest BCUT2D eigenvalue weighted by Crippen LogP contribution is 2.35. The van der Waals surface area contributed by atoms with E-state index in [2.05, 4.69) is 45.0 Å². The first kappa shape index (κ1) is 30.7. The van der Waals surface area contributed by atoms with Crippen LogP contribution in [0.25, 0.3) is 0 Å². The lowest BCUT2D eigenvalue weighted by Gasteiger charge is -2.28. The molecule has 1 aliphatic heterocycles. The number of allylic oxidation sites excluding steroid dienone is 2. The molecule has 0 aromatic carbocycles. The zero-order valence-electron chi connectivity index (χ0n) is 23.1. The van der Waals surface area contributed by atoms with E-state index in [9.17, 15) is 0 Å². The molecule has 0 amide bonds. The van der Waals surface area contributed by atoms with Gasteiger partial charge < -0.3 is 14.4 Å². The average Bonchev–Trinajstić information content (AvgIpc) is 3.21. The number of ether oxygens (including phenoxy) is 2. The molecule has 1 fully saturated rings. The van der Waals surface area contributed by atoms with Crippen LogP contribution in [0.1, 0.15) is 142 Å². The van der Waals surface area contributed by atoms with Gasteiger partial charge >= 0.3 is 0 Å². The van der Waals surface area contributed by atoms with Gasteiger partial charge in [0.1, 0.15) is 0 Å². The van der Waals surface area contributed by atoms with E-state index in [0.29, 0.717) is 0 Å². The lowest BCUT2D eigenvalue weighted by Crippen LogP contribution is -2.31. The van der Waals surface area contributed by atoms with Crippen LogP contribution in [0.4, 0.5) is 0 Å². The van der Waals surface area contributed by atoms with Crippen molar-refractivity contribution in [1.82, 2.24) is 4.90 Å². The Labute approximate surface area is 208 Å². The predicted molar refractivity (Wildman–Crippen MR) is 145 cm³/mol. The van der Waals surface area contributed by atoms with Crippen LogP contribution in [0.15, 0.2) is 12.2 Å². The van der Waals surface area contributed by atoms with Gasteiger partial charge in [0.05, 0.1) is 12.7 Å². The smallest absolute Gasteiger partial charge is 0.168 e. The Kier molecular flexibility index (Phi) is 19.5. The molecule has 1 rings (SSSR count). The number of nitrogens with zero attached hydrogens (tertiary/aromatic N) is 1. The molecule has 0 aliphatic carbocycles. The van der Waals surface area contributed by atoms with Gasteiger partial charge in [0.15, 0.2) is 5.79 Å². The Bertz CT molecular complexity index is 451. The van der Waals surface area contributed by atoms with Crippen molar-refractivity contribution in [3.8, 4) is 0 Å². The number of hydrogen-bond acceptors (Lipinski definition) is 3. The van der Waals surface area contributed by atoms with E-state index in [1.165, 1.54) is 109 Å². The summed E-state index contributed by atoms with van der Waals surface area (Å²) < 4.78 is 12.8. The molecule has 0 radical (unpaired) electrons. The average molecular weight is 466 g/mol. The van der Waals surface area contributed by atoms with Crippen molar-refractivity contribution in [3.63, 3.8) is 0 Å². The maximum Gasteiger partial charge on any atom is 0.168 e. The van der Waals surface area contributed by atoms with Gasteiger partial charge in [-0.2, -0.15) is 0 Å². The van der Waals surface area contributed by atoms with E-state index >= 15 is 0 Å². The van der Waals surface area contributed by atoms with Crippen LogP contribution in [-0.2, 0) is 9.47 Å². The minimum absolute atomic E-state index is 0.281. The van der Waals surface area contributed by atoms with E-state index in [1.54, 1.807) is 0 Å². The molecule has 2 unspecified atom stereocenters. The van der Waals surface area contributed by atoms with Gasteiger partial charge in [0.25, 0.3) is 0 Å². The zero-order chi connectivity index (χ0) is 24.0. The molecule has 1 aliphatic rings. The molecule has 1 heterocycles. The fraction of sp³-hybridized carbons (Fsp3) is 0.933. The molecule has 0 saturated carbocycles. The van der Waals surface area contributed by atoms with E-state index < -0.39 is 0 Å². The monoisotopic (exact) mass is 465 g/mol. The van der Waals surface area contributed by atoms with Gasteiger partial charge in [0, 0.05) is 19.4 Å². The van der Waals surface area contributed by atoms with Crippen molar-refractivity contribution in [2.24, 2.45) is 0 Å². The van der Waals surface area contributed by atoms with Crippen molar-refractivity contribution in [1.29, 1.82) is 0 Å². The maximum absolute atomic E-state index is 6.51. The van der Waals surface area contributed by atoms with Crippen LogP contribution >= 0.6 is 0 Å². The summed E-state index contributed by atoms with van der Waals surface area (Å²) >= 11 is 0. The Hall–Kier alpha value is -0.380. The Morgan fingerprint density at radius 3 is 1.76 bits per heavy atom. The highest BCUT2D eigenvalue weighted by Gasteiger charge is 2.40. The molecule has 0 aromatic heterocycles. The Morgan fingerprint density at radius 2 is 1.18 bits per heavy atom. The first-order valence-electron chi connectivity index (χ1n) is 14.7. The SMILES string of the molecule is CCCCCCCC/C=C\CCCCCCCCC1(CCCCC)OCC(CCN(C)C)O1. The van der Waals surface area contributed by atoms with Gasteiger partial charge in [-0.3, -0.25) is 0 Å². The molecule has 2 atom stereocenters. The molecule has 3 nitrogen and oxygen atoms in total. The minimum atomic E-state index is -0.285. The standard InChI is InChI=1S/C30H59NO2/c1-5-7-9-10-11-12-13-14-15-16-17-18-19-20-21-23-26-30(25-22-8-6-2)32-28-29(33-30)24-27-31(3)4/h14-15,29H,5-13,16-28H2,1-4H3/b15-14-. The summed E-state index contributed by atoms with van der Waals surface area (Å²) in [6.07, 6.45) is 31.1. The fourth-order valence-corrected chi connectivity index (χ4v) is 4.83. The van der Waals surface area contributed by atoms with Crippen molar-refractivity contribution in [2.75, 3.05) is 27.2 Å². The molecule has 0 spiro atoms. The van der Waals surface area contributed by atoms with E-state index in [0.717, 1.165) is 32.4 Å². The molecular weight excluding hydrogens is 406 g/mol. The molecule has 0 N–H and O–H groups in total. The largest absolute Gasteiger partial charge is 0.347 e. The van der Waals surface area contributed by atoms with E-state index in [1.807, 2.05) is 0 Å². The first-order chi connectivity index (χ1) is 16.1. The minimum Gasteiger partial charge on any atom is -0.347 e. The lowest BCUT2D eigenvalue weighted by molar-refractivity contribution is -0.180. The summed E-state index contributed by atoms with van der Waals surface area (Å²) in [6.45, 7) is 6.42. The normalized spacial score (nSPS) is 21.1. The maximum atomic E-state index is 6.51. The Balaban J connectivity index is 2.06. The fourth-order valence-electron chi connectivity index (χ4n) is 4.83. The highest BCUT2D eigenvalue weighted by molar-refractivity contribution is 4.82. The quantitative estimate of drug-likeness (QED) is 0.111. The van der Waals surface area contributed by atoms with Crippen LogP contribution in [-0.4, -0.2) is 44.0 Å². The van der Waals surface area contributed by atoms with Gasteiger partial charge in [-0.05, 0) is 59.0 Å². The van der Waals surface area contributed by atoms with Crippen molar-refractivity contribution in [3.05, 3.63) is 12.2 Å². The summed E-state index contributed by atoms with van der Waals surface area (Å²) in [6, 6.07) is 0. The van der Waals surface area contributed by atoms with Crippen LogP contribution in [0.2, 0.25) is 0 Å². The topological polar surface area (TPSA) is 21.7 Å². The van der Waals surface area contributed by atoms with E-state index in [4.69, 9.17) is 9.47 Å². The summed E-state index contributed by atoms with van der Waals surface area (Å²) in [5.74, 6) is -0.285. The molecule has 3 heteroatoms. The van der Waals surface area contributed by atoms with Crippen molar-refractivity contribution >= 4 is 0 Å². The molecule has 0 aromatic rings. The first-order valence-corrected chi connectivity index (χ1v) is 14.7. The molecule has 1 saturated heterocycles. The number of unbranched alkanes of at least 4 members (excludes halogenated alkanes) is 14. The molecule has 33 heavy (non-hydrogen) atoms. The second kappa shape index (κ2) is 20.9. The highest BCUT2D eigenvalue weighted by atomic mass is 16.7.